The molecule has 1 aliphatic rings. The molecule has 8 heteroatoms. The van der Waals surface area contributed by atoms with Gasteiger partial charge in [0.1, 0.15) is 10.6 Å². The number of aromatic nitrogens is 1. The summed E-state index contributed by atoms with van der Waals surface area (Å²) in [6.07, 6.45) is 2.08. The number of aryl methyl sites for hydroxylation is 1. The molecular formula is C12H19N3O4S. The second kappa shape index (κ2) is 5.19. The summed E-state index contributed by atoms with van der Waals surface area (Å²) < 4.78 is 27.9. The van der Waals surface area contributed by atoms with Gasteiger partial charge in [-0.25, -0.2) is 8.42 Å². The van der Waals surface area contributed by atoms with E-state index in [4.69, 9.17) is 5.73 Å². The molecule has 2 atom stereocenters. The number of primary amides is 1. The van der Waals surface area contributed by atoms with E-state index >= 15 is 0 Å². The van der Waals surface area contributed by atoms with Crippen molar-refractivity contribution in [1.29, 1.82) is 0 Å². The van der Waals surface area contributed by atoms with Gasteiger partial charge in [0, 0.05) is 19.8 Å². The average molecular weight is 301 g/mol. The van der Waals surface area contributed by atoms with Crippen LogP contribution in [0, 0.1) is 5.92 Å². The number of hydrogen-bond acceptors (Lipinski definition) is 4. The van der Waals surface area contributed by atoms with Gasteiger partial charge in [-0.05, 0) is 18.4 Å². The molecule has 0 radical (unpaired) electrons. The molecule has 3 N–H and O–H groups in total. The molecule has 1 aliphatic heterocycles. The Morgan fingerprint density at radius 1 is 1.55 bits per heavy atom. The van der Waals surface area contributed by atoms with Crippen LogP contribution in [0.15, 0.2) is 17.2 Å². The van der Waals surface area contributed by atoms with Crippen LogP contribution in [0.25, 0.3) is 0 Å². The Bertz CT molecular complexity index is 623. The molecule has 0 aromatic carbocycles. The largest absolute Gasteiger partial charge is 0.395 e. The summed E-state index contributed by atoms with van der Waals surface area (Å²) in [5.74, 6) is -0.573. The number of nitrogens with zero attached hydrogens (tertiary/aromatic N) is 2. The molecule has 2 unspecified atom stereocenters. The Morgan fingerprint density at radius 3 is 2.70 bits per heavy atom. The van der Waals surface area contributed by atoms with Crippen molar-refractivity contribution < 1.29 is 18.3 Å². The summed E-state index contributed by atoms with van der Waals surface area (Å²) in [6, 6.07) is 0.854. The second-order valence-corrected chi connectivity index (χ2v) is 7.06. The monoisotopic (exact) mass is 301 g/mol. The zero-order valence-electron chi connectivity index (χ0n) is 11.5. The van der Waals surface area contributed by atoms with Crippen molar-refractivity contribution in [2.75, 3.05) is 13.2 Å². The number of hydrogen-bond donors (Lipinski definition) is 2. The van der Waals surface area contributed by atoms with Crippen LogP contribution >= 0.6 is 0 Å². The first-order valence-electron chi connectivity index (χ1n) is 6.38. The lowest BCUT2D eigenvalue weighted by Crippen LogP contribution is -2.39. The van der Waals surface area contributed by atoms with E-state index in [1.165, 1.54) is 21.1 Å². The first-order chi connectivity index (χ1) is 9.28. The summed E-state index contributed by atoms with van der Waals surface area (Å²) >= 11 is 0. The predicted molar refractivity (Wildman–Crippen MR) is 72.5 cm³/mol. The van der Waals surface area contributed by atoms with Crippen molar-refractivity contribution in [3.05, 3.63) is 18.0 Å². The number of sulfonamides is 1. The topological polar surface area (TPSA) is 106 Å². The molecule has 1 fully saturated rings. The Morgan fingerprint density at radius 2 is 2.20 bits per heavy atom. The van der Waals surface area contributed by atoms with Crippen molar-refractivity contribution in [1.82, 2.24) is 8.87 Å². The van der Waals surface area contributed by atoms with Crippen molar-refractivity contribution in [3.63, 3.8) is 0 Å². The van der Waals surface area contributed by atoms with Crippen molar-refractivity contribution >= 4 is 15.9 Å². The molecule has 0 saturated carbocycles. The van der Waals surface area contributed by atoms with Gasteiger partial charge >= 0.3 is 0 Å². The Hall–Kier alpha value is -1.38. The highest BCUT2D eigenvalue weighted by Crippen LogP contribution is 2.30. The van der Waals surface area contributed by atoms with Gasteiger partial charge in [0.05, 0.1) is 12.6 Å². The van der Waals surface area contributed by atoms with Crippen molar-refractivity contribution in [2.45, 2.75) is 24.3 Å². The fourth-order valence-corrected chi connectivity index (χ4v) is 4.40. The summed E-state index contributed by atoms with van der Waals surface area (Å²) in [7, 11) is -2.16. The summed E-state index contributed by atoms with van der Waals surface area (Å²) in [5, 5.41) is 9.38. The van der Waals surface area contributed by atoms with Gasteiger partial charge in [-0.3, -0.25) is 4.79 Å². The molecule has 20 heavy (non-hydrogen) atoms. The van der Waals surface area contributed by atoms with E-state index in [1.807, 2.05) is 6.92 Å². The maximum atomic E-state index is 12.6. The second-order valence-electron chi connectivity index (χ2n) is 5.17. The molecule has 1 aromatic rings. The number of rotatable bonds is 4. The lowest BCUT2D eigenvalue weighted by atomic mass is 10.0. The van der Waals surface area contributed by atoms with Crippen molar-refractivity contribution in [3.8, 4) is 0 Å². The third-order valence-corrected chi connectivity index (χ3v) is 5.75. The van der Waals surface area contributed by atoms with Crippen LogP contribution in [-0.4, -0.2) is 47.5 Å². The molecule has 1 amide bonds. The maximum absolute atomic E-state index is 12.6. The Labute approximate surface area is 118 Å². The first kappa shape index (κ1) is 15.0. The van der Waals surface area contributed by atoms with Gasteiger partial charge < -0.3 is 15.4 Å². The zero-order chi connectivity index (χ0) is 15.1. The average Bonchev–Trinajstić information content (AvgIpc) is 2.92. The highest BCUT2D eigenvalue weighted by Gasteiger charge is 2.39. The number of carbonyl (C=O) groups is 1. The minimum absolute atomic E-state index is 0.0290. The number of nitrogens with two attached hydrogens (primary N) is 1. The molecule has 2 rings (SSSR count). The van der Waals surface area contributed by atoms with Crippen LogP contribution in [0.4, 0.5) is 0 Å². The summed E-state index contributed by atoms with van der Waals surface area (Å²) in [4.78, 5) is 11.2. The van der Waals surface area contributed by atoms with Gasteiger partial charge in [0.15, 0.2) is 0 Å². The number of aliphatic hydroxyl groups excluding tert-OH is 1. The molecule has 1 saturated heterocycles. The quantitative estimate of drug-likeness (QED) is 0.783. The molecule has 7 nitrogen and oxygen atoms in total. The van der Waals surface area contributed by atoms with Crippen LogP contribution in [-0.2, 0) is 17.1 Å². The molecule has 112 valence electrons. The Balaban J connectivity index is 2.40. The zero-order valence-corrected chi connectivity index (χ0v) is 12.3. The molecule has 0 bridgehead atoms. The van der Waals surface area contributed by atoms with Gasteiger partial charge in [0.2, 0.25) is 10.0 Å². The summed E-state index contributed by atoms with van der Waals surface area (Å²) in [6.45, 7) is 2.07. The SMILES string of the molecule is CC1CCN(S(=O)(=O)c2cc(C(N)=O)n(C)c2)C1CO. The van der Waals surface area contributed by atoms with E-state index in [2.05, 4.69) is 0 Å². The van der Waals surface area contributed by atoms with E-state index in [1.54, 1.807) is 7.05 Å². The normalized spacial score (nSPS) is 24.1. The van der Waals surface area contributed by atoms with E-state index in [0.29, 0.717) is 13.0 Å². The number of aliphatic hydroxyl groups is 1. The van der Waals surface area contributed by atoms with Crippen LogP contribution in [0.1, 0.15) is 23.8 Å². The van der Waals surface area contributed by atoms with Gasteiger partial charge in [-0.15, -0.1) is 0 Å². The predicted octanol–water partition coefficient (Wildman–Crippen LogP) is -0.485. The number of carbonyl (C=O) groups excluding carboxylic acids is 1. The summed E-state index contributed by atoms with van der Waals surface area (Å²) in [5.41, 5.74) is 5.33. The van der Waals surface area contributed by atoms with E-state index < -0.39 is 22.0 Å². The van der Waals surface area contributed by atoms with Crippen LogP contribution < -0.4 is 5.73 Å². The standard InChI is InChI=1S/C12H19N3O4S/c1-8-3-4-15(11(8)7-16)20(18,19)9-5-10(12(13)17)14(2)6-9/h5-6,8,11,16H,3-4,7H2,1-2H3,(H2,13,17). The van der Waals surface area contributed by atoms with E-state index in [9.17, 15) is 18.3 Å². The van der Waals surface area contributed by atoms with E-state index in [-0.39, 0.29) is 23.1 Å². The third-order valence-electron chi connectivity index (χ3n) is 3.86. The molecule has 1 aromatic heterocycles. The van der Waals surface area contributed by atoms with Gasteiger partial charge in [-0.1, -0.05) is 6.92 Å². The maximum Gasteiger partial charge on any atom is 0.265 e. The van der Waals surface area contributed by atoms with E-state index in [0.717, 1.165) is 0 Å². The molecular weight excluding hydrogens is 282 g/mol. The van der Waals surface area contributed by atoms with Crippen LogP contribution in [0.2, 0.25) is 0 Å². The Kier molecular flexibility index (Phi) is 3.90. The fraction of sp³-hybridized carbons (Fsp3) is 0.583. The molecule has 2 heterocycles. The minimum Gasteiger partial charge on any atom is -0.395 e. The molecule has 0 spiro atoms. The van der Waals surface area contributed by atoms with Crippen LogP contribution in [0.3, 0.4) is 0 Å². The highest BCUT2D eigenvalue weighted by molar-refractivity contribution is 7.89. The fourth-order valence-electron chi connectivity index (χ4n) is 2.60. The number of amides is 1. The third kappa shape index (κ3) is 2.34. The van der Waals surface area contributed by atoms with Gasteiger partial charge in [0.25, 0.3) is 5.91 Å². The van der Waals surface area contributed by atoms with Crippen LogP contribution in [0.5, 0.6) is 0 Å². The first-order valence-corrected chi connectivity index (χ1v) is 7.82. The molecule has 0 aliphatic carbocycles. The van der Waals surface area contributed by atoms with Crippen molar-refractivity contribution in [2.24, 2.45) is 18.7 Å². The highest BCUT2D eigenvalue weighted by atomic mass is 32.2. The lowest BCUT2D eigenvalue weighted by Gasteiger charge is -2.23. The van der Waals surface area contributed by atoms with Gasteiger partial charge in [-0.2, -0.15) is 4.31 Å². The minimum atomic E-state index is -3.72. The lowest BCUT2D eigenvalue weighted by molar-refractivity contribution is 0.0992. The smallest absolute Gasteiger partial charge is 0.265 e.